The summed E-state index contributed by atoms with van der Waals surface area (Å²) in [6.07, 6.45) is 0.446. The van der Waals surface area contributed by atoms with Gasteiger partial charge in [-0.1, -0.05) is 60.7 Å². The van der Waals surface area contributed by atoms with Gasteiger partial charge in [-0.15, -0.1) is 0 Å². The van der Waals surface area contributed by atoms with Crippen molar-refractivity contribution < 1.29 is 38.1 Å². The standard InChI is InChI=1S/C34H34N2O8/c1-21-25(15-17-27(37)41-3)31(35-29(21)33(39)43-19-23-11-7-5-8-12-23)32-26(16-18-28(38)42-4)22(2)30(36-32)34(40)44-20-24-13-9-6-10-14-24/h5-14H,15-20H2,1-4H3. The minimum Gasteiger partial charge on any atom is -0.469 e. The molecule has 0 saturated carbocycles. The van der Waals surface area contributed by atoms with E-state index in [1.165, 1.54) is 14.2 Å². The minimum atomic E-state index is -0.640. The third kappa shape index (κ3) is 7.63. The SMILES string of the molecule is COC(=O)CCC1=C(C)C(C(=O)OCc2ccccc2)=NC1=C1N=C(C(=O)OCc2ccccc2)C(C)=C1CCC(=O)OC. The molecule has 228 valence electrons. The number of ether oxygens (including phenoxy) is 4. The zero-order valence-electron chi connectivity index (χ0n) is 25.2. The predicted molar refractivity (Wildman–Crippen MR) is 162 cm³/mol. The number of methoxy groups -OCH3 is 2. The first-order valence-electron chi connectivity index (χ1n) is 14.1. The molecule has 2 aromatic carbocycles. The average Bonchev–Trinajstić information content (AvgIpc) is 3.56. The van der Waals surface area contributed by atoms with Gasteiger partial charge >= 0.3 is 23.9 Å². The molecule has 0 spiro atoms. The van der Waals surface area contributed by atoms with Gasteiger partial charge in [-0.3, -0.25) is 9.59 Å². The normalized spacial score (nSPS) is 16.0. The molecule has 2 aliphatic heterocycles. The second kappa shape index (κ2) is 14.9. The van der Waals surface area contributed by atoms with Crippen LogP contribution in [0.5, 0.6) is 0 Å². The van der Waals surface area contributed by atoms with Gasteiger partial charge in [0.05, 0.1) is 25.6 Å². The molecule has 0 aromatic heterocycles. The second-order valence-electron chi connectivity index (χ2n) is 10.1. The Balaban J connectivity index is 1.73. The van der Waals surface area contributed by atoms with Crippen LogP contribution in [-0.2, 0) is 51.3 Å². The molecular weight excluding hydrogens is 564 g/mol. The van der Waals surface area contributed by atoms with Crippen molar-refractivity contribution in [2.45, 2.75) is 52.7 Å². The number of hydrogen-bond acceptors (Lipinski definition) is 10. The first-order chi connectivity index (χ1) is 21.2. The van der Waals surface area contributed by atoms with E-state index in [1.807, 2.05) is 60.7 Å². The zero-order valence-corrected chi connectivity index (χ0v) is 25.2. The molecule has 0 bridgehead atoms. The van der Waals surface area contributed by atoms with Crippen LogP contribution in [0.2, 0.25) is 0 Å². The van der Waals surface area contributed by atoms with Crippen molar-refractivity contribution in [2.24, 2.45) is 9.98 Å². The summed E-state index contributed by atoms with van der Waals surface area (Å²) >= 11 is 0. The zero-order chi connectivity index (χ0) is 31.6. The molecule has 0 radical (unpaired) electrons. The van der Waals surface area contributed by atoms with Gasteiger partial charge in [-0.25, -0.2) is 19.6 Å². The van der Waals surface area contributed by atoms with E-state index in [0.29, 0.717) is 33.7 Å². The fraction of sp³-hybridized carbons (Fsp3) is 0.294. The highest BCUT2D eigenvalue weighted by Crippen LogP contribution is 2.40. The number of nitrogens with zero attached hydrogens (tertiary/aromatic N) is 2. The van der Waals surface area contributed by atoms with Crippen molar-refractivity contribution in [3.05, 3.63) is 105 Å². The summed E-state index contributed by atoms with van der Waals surface area (Å²) in [5, 5.41) is 0. The third-order valence-corrected chi connectivity index (χ3v) is 7.28. The molecule has 4 rings (SSSR count). The molecule has 2 aromatic rings. The quantitative estimate of drug-likeness (QED) is 0.243. The van der Waals surface area contributed by atoms with Crippen molar-refractivity contribution in [1.82, 2.24) is 0 Å². The number of esters is 4. The van der Waals surface area contributed by atoms with Crippen LogP contribution < -0.4 is 0 Å². The van der Waals surface area contributed by atoms with Crippen molar-refractivity contribution >= 4 is 35.3 Å². The summed E-state index contributed by atoms with van der Waals surface area (Å²) in [4.78, 5) is 60.0. The summed E-state index contributed by atoms with van der Waals surface area (Å²) in [5.74, 6) is -2.16. The number of allylic oxidation sites excluding steroid dienone is 2. The maximum atomic E-state index is 13.2. The van der Waals surface area contributed by atoms with Gasteiger partial charge in [0.1, 0.15) is 13.2 Å². The first-order valence-corrected chi connectivity index (χ1v) is 14.1. The highest BCUT2D eigenvalue weighted by molar-refractivity contribution is 6.45. The van der Waals surface area contributed by atoms with Crippen LogP contribution in [0.25, 0.3) is 0 Å². The first kappa shape index (κ1) is 31.8. The van der Waals surface area contributed by atoms with E-state index < -0.39 is 23.9 Å². The molecule has 0 atom stereocenters. The third-order valence-electron chi connectivity index (χ3n) is 7.28. The maximum absolute atomic E-state index is 13.2. The molecule has 10 nitrogen and oxygen atoms in total. The van der Waals surface area contributed by atoms with Crippen LogP contribution in [0.15, 0.2) is 104 Å². The summed E-state index contributed by atoms with van der Waals surface area (Å²) < 4.78 is 20.8. The lowest BCUT2D eigenvalue weighted by molar-refractivity contribution is -0.141. The summed E-state index contributed by atoms with van der Waals surface area (Å²) in [5.41, 5.74) is 4.63. The van der Waals surface area contributed by atoms with Gasteiger partial charge < -0.3 is 18.9 Å². The average molecular weight is 599 g/mol. The Morgan fingerprint density at radius 3 is 1.30 bits per heavy atom. The van der Waals surface area contributed by atoms with Gasteiger partial charge in [0.15, 0.2) is 11.4 Å². The molecule has 0 saturated heterocycles. The molecule has 0 fully saturated rings. The lowest BCUT2D eigenvalue weighted by Gasteiger charge is -2.10. The van der Waals surface area contributed by atoms with Crippen molar-refractivity contribution in [3.63, 3.8) is 0 Å². The molecule has 44 heavy (non-hydrogen) atoms. The molecule has 2 aliphatic rings. The number of carbonyl (C=O) groups excluding carboxylic acids is 4. The topological polar surface area (TPSA) is 130 Å². The van der Waals surface area contributed by atoms with E-state index in [0.717, 1.165) is 11.1 Å². The van der Waals surface area contributed by atoms with E-state index in [2.05, 4.69) is 9.98 Å². The second-order valence-corrected chi connectivity index (χ2v) is 10.1. The highest BCUT2D eigenvalue weighted by Gasteiger charge is 2.34. The molecule has 0 amide bonds. The Hall–Kier alpha value is -5.12. The monoisotopic (exact) mass is 598 g/mol. The van der Waals surface area contributed by atoms with Crippen molar-refractivity contribution in [2.75, 3.05) is 14.2 Å². The van der Waals surface area contributed by atoms with Gasteiger partial charge in [0, 0.05) is 12.8 Å². The fourth-order valence-corrected chi connectivity index (χ4v) is 4.81. The highest BCUT2D eigenvalue weighted by atomic mass is 16.5. The number of rotatable bonds is 12. The summed E-state index contributed by atoms with van der Waals surface area (Å²) in [6.45, 7) is 3.55. The fourth-order valence-electron chi connectivity index (χ4n) is 4.81. The van der Waals surface area contributed by atoms with Gasteiger partial charge in [-0.05, 0) is 60.1 Å². The molecule has 0 unspecified atom stereocenters. The van der Waals surface area contributed by atoms with Gasteiger partial charge in [0.2, 0.25) is 0 Å². The molecule has 0 N–H and O–H groups in total. The van der Waals surface area contributed by atoms with E-state index in [4.69, 9.17) is 18.9 Å². The lowest BCUT2D eigenvalue weighted by atomic mass is 9.95. The van der Waals surface area contributed by atoms with Crippen molar-refractivity contribution in [1.29, 1.82) is 0 Å². The van der Waals surface area contributed by atoms with Crippen LogP contribution in [0.1, 0.15) is 50.7 Å². The van der Waals surface area contributed by atoms with E-state index >= 15 is 0 Å². The predicted octanol–water partition coefficient (Wildman–Crippen LogP) is 5.13. The van der Waals surface area contributed by atoms with Gasteiger partial charge in [-0.2, -0.15) is 0 Å². The Bertz CT molecular complexity index is 1480. The smallest absolute Gasteiger partial charge is 0.357 e. The van der Waals surface area contributed by atoms with Crippen molar-refractivity contribution in [3.8, 4) is 0 Å². The minimum absolute atomic E-state index is 0.0255. The maximum Gasteiger partial charge on any atom is 0.357 e. The largest absolute Gasteiger partial charge is 0.469 e. The molecule has 10 heteroatoms. The summed E-state index contributed by atoms with van der Waals surface area (Å²) in [6, 6.07) is 18.5. The lowest BCUT2D eigenvalue weighted by Crippen LogP contribution is -2.17. The molecule has 2 heterocycles. The van der Waals surface area contributed by atoms with Crippen LogP contribution in [0.3, 0.4) is 0 Å². The number of hydrogen-bond donors (Lipinski definition) is 0. The Kier molecular flexibility index (Phi) is 10.7. The van der Waals surface area contributed by atoms with E-state index in [-0.39, 0.29) is 50.3 Å². The van der Waals surface area contributed by atoms with Crippen LogP contribution in [0.4, 0.5) is 0 Å². The Morgan fingerprint density at radius 1 is 0.591 bits per heavy atom. The van der Waals surface area contributed by atoms with Gasteiger partial charge in [0.25, 0.3) is 0 Å². The van der Waals surface area contributed by atoms with Crippen LogP contribution in [-0.4, -0.2) is 49.5 Å². The number of aliphatic imine (C=N–C) groups is 2. The van der Waals surface area contributed by atoms with E-state index in [9.17, 15) is 19.2 Å². The molecular formula is C34H34N2O8. The number of carbonyl (C=O) groups is 4. The number of benzene rings is 2. The van der Waals surface area contributed by atoms with E-state index in [1.54, 1.807) is 13.8 Å². The Labute approximate surface area is 255 Å². The molecule has 0 aliphatic carbocycles. The van der Waals surface area contributed by atoms with Crippen LogP contribution in [0, 0.1) is 0 Å². The Morgan fingerprint density at radius 2 is 0.955 bits per heavy atom. The van der Waals surface area contributed by atoms with Crippen LogP contribution >= 0.6 is 0 Å². The summed E-state index contributed by atoms with van der Waals surface area (Å²) in [7, 11) is 2.60.